The maximum Gasteiger partial charge on any atom is 0.347 e. The second-order valence-electron chi connectivity index (χ2n) is 5.78. The van der Waals surface area contributed by atoms with Crippen LogP contribution in [0.2, 0.25) is 5.02 Å². The molecule has 2 aromatic heterocycles. The van der Waals surface area contributed by atoms with Crippen molar-refractivity contribution >= 4 is 33.9 Å². The molecule has 0 amide bonds. The molecule has 0 spiro atoms. The number of imidazole rings is 1. The summed E-state index contributed by atoms with van der Waals surface area (Å²) in [6.45, 7) is 6.10. The lowest BCUT2D eigenvalue weighted by atomic mass is 10.1. The molecule has 0 aliphatic carbocycles. The summed E-state index contributed by atoms with van der Waals surface area (Å²) in [7, 11) is 0. The first-order valence-electron chi connectivity index (χ1n) is 8.00. The summed E-state index contributed by atoms with van der Waals surface area (Å²) >= 11 is 7.38. The molecule has 0 atom stereocenters. The van der Waals surface area contributed by atoms with Crippen molar-refractivity contribution in [2.75, 3.05) is 0 Å². The molecule has 3 aromatic rings. The topological polar surface area (TPSA) is 54.6 Å². The van der Waals surface area contributed by atoms with Crippen molar-refractivity contribution in [3.8, 4) is 11.3 Å². The molecule has 3 rings (SSSR count). The van der Waals surface area contributed by atoms with Crippen LogP contribution in [0.5, 0.6) is 0 Å². The molecule has 126 valence electrons. The molecule has 1 N–H and O–H groups in total. The maximum atomic E-state index is 11.6. The number of halogens is 1. The van der Waals surface area contributed by atoms with Crippen LogP contribution in [0.4, 0.5) is 0 Å². The van der Waals surface area contributed by atoms with E-state index in [-0.39, 0.29) is 0 Å². The van der Waals surface area contributed by atoms with Gasteiger partial charge in [0.05, 0.1) is 11.4 Å². The van der Waals surface area contributed by atoms with Gasteiger partial charge in [-0.15, -0.1) is 0 Å². The quantitative estimate of drug-likeness (QED) is 0.675. The molecule has 6 heteroatoms. The van der Waals surface area contributed by atoms with Gasteiger partial charge >= 0.3 is 5.97 Å². The lowest BCUT2D eigenvalue weighted by molar-refractivity contribution is 0.0700. The zero-order chi connectivity index (χ0) is 17.4. The maximum absolute atomic E-state index is 11.6. The highest BCUT2D eigenvalue weighted by Gasteiger charge is 2.23. The lowest BCUT2D eigenvalue weighted by Crippen LogP contribution is -2.04. The third kappa shape index (κ3) is 2.72. The molecule has 0 aliphatic heterocycles. The second-order valence-corrected chi connectivity index (χ2v) is 7.16. The summed E-state index contributed by atoms with van der Waals surface area (Å²) in [6.07, 6.45) is 2.40. The highest BCUT2D eigenvalue weighted by Crippen LogP contribution is 2.33. The zero-order valence-electron chi connectivity index (χ0n) is 13.9. The number of hydrogen-bond donors (Lipinski definition) is 1. The van der Waals surface area contributed by atoms with E-state index >= 15 is 0 Å². The van der Waals surface area contributed by atoms with Gasteiger partial charge < -0.3 is 5.11 Å². The number of carboxylic acid groups (broad SMARTS) is 1. The van der Waals surface area contributed by atoms with E-state index in [0.717, 1.165) is 57.5 Å². The van der Waals surface area contributed by atoms with Crippen LogP contribution >= 0.6 is 22.9 Å². The number of thiazole rings is 1. The standard InChI is InChI=1S/C18H19ClN2O2S/c1-4-6-14-16(17(22)23)24-18-20-15(13(5-2)21(14)18)11-7-8-12(19)10(3)9-11/h7-9H,4-6H2,1-3H3,(H,22,23). The van der Waals surface area contributed by atoms with Crippen LogP contribution in [0, 0.1) is 6.92 Å². The summed E-state index contributed by atoms with van der Waals surface area (Å²) in [5.41, 5.74) is 4.85. The minimum absolute atomic E-state index is 0.396. The Morgan fingerprint density at radius 1 is 1.33 bits per heavy atom. The molecular weight excluding hydrogens is 344 g/mol. The van der Waals surface area contributed by atoms with Crippen LogP contribution in [0.25, 0.3) is 16.2 Å². The molecule has 1 aromatic carbocycles. The molecule has 24 heavy (non-hydrogen) atoms. The second kappa shape index (κ2) is 6.57. The van der Waals surface area contributed by atoms with Gasteiger partial charge in [0, 0.05) is 16.3 Å². The predicted octanol–water partition coefficient (Wildman–Crippen LogP) is 5.24. The van der Waals surface area contributed by atoms with Crippen molar-refractivity contribution in [3.05, 3.63) is 45.1 Å². The minimum atomic E-state index is -0.875. The summed E-state index contributed by atoms with van der Waals surface area (Å²) in [5, 5.41) is 10.2. The third-order valence-electron chi connectivity index (χ3n) is 4.11. The Morgan fingerprint density at radius 2 is 2.08 bits per heavy atom. The average Bonchev–Trinajstić information content (AvgIpc) is 3.07. The first-order chi connectivity index (χ1) is 11.5. The van der Waals surface area contributed by atoms with Crippen LogP contribution in [0.3, 0.4) is 0 Å². The summed E-state index contributed by atoms with van der Waals surface area (Å²) in [4.78, 5) is 17.4. The van der Waals surface area contributed by atoms with Gasteiger partial charge in [-0.3, -0.25) is 4.40 Å². The largest absolute Gasteiger partial charge is 0.477 e. The monoisotopic (exact) mass is 362 g/mol. The molecule has 0 saturated heterocycles. The van der Waals surface area contributed by atoms with E-state index in [1.165, 1.54) is 11.3 Å². The molecule has 2 heterocycles. The number of aryl methyl sites for hydroxylation is 3. The van der Waals surface area contributed by atoms with E-state index in [9.17, 15) is 9.90 Å². The number of carbonyl (C=O) groups is 1. The Hall–Kier alpha value is -1.85. The Morgan fingerprint density at radius 3 is 2.67 bits per heavy atom. The molecule has 0 bridgehead atoms. The van der Waals surface area contributed by atoms with Gasteiger partial charge in [0.1, 0.15) is 4.88 Å². The van der Waals surface area contributed by atoms with Crippen LogP contribution in [-0.2, 0) is 12.8 Å². The van der Waals surface area contributed by atoms with Crippen molar-refractivity contribution in [3.63, 3.8) is 0 Å². The summed E-state index contributed by atoms with van der Waals surface area (Å²) in [5.74, 6) is -0.875. The van der Waals surface area contributed by atoms with E-state index in [0.29, 0.717) is 4.88 Å². The van der Waals surface area contributed by atoms with Crippen molar-refractivity contribution in [1.82, 2.24) is 9.38 Å². The highest BCUT2D eigenvalue weighted by atomic mass is 35.5. The average molecular weight is 363 g/mol. The summed E-state index contributed by atoms with van der Waals surface area (Å²) < 4.78 is 2.04. The van der Waals surface area contributed by atoms with Crippen LogP contribution in [-0.4, -0.2) is 20.5 Å². The molecule has 0 unspecified atom stereocenters. The van der Waals surface area contributed by atoms with Gasteiger partial charge in [0.2, 0.25) is 0 Å². The lowest BCUT2D eigenvalue weighted by Gasteiger charge is -2.07. The number of hydrogen-bond acceptors (Lipinski definition) is 3. The number of rotatable bonds is 5. The molecule has 0 fully saturated rings. The number of benzene rings is 1. The number of fused-ring (bicyclic) bond motifs is 1. The number of aromatic nitrogens is 2. The smallest absolute Gasteiger partial charge is 0.347 e. The van der Waals surface area contributed by atoms with E-state index in [4.69, 9.17) is 16.6 Å². The summed E-state index contributed by atoms with van der Waals surface area (Å²) in [6, 6.07) is 5.89. The normalized spacial score (nSPS) is 11.3. The Balaban J connectivity index is 2.27. The van der Waals surface area contributed by atoms with Gasteiger partial charge in [0.15, 0.2) is 4.96 Å². The van der Waals surface area contributed by atoms with Gasteiger partial charge in [-0.25, -0.2) is 9.78 Å². The van der Waals surface area contributed by atoms with E-state index in [2.05, 4.69) is 13.8 Å². The van der Waals surface area contributed by atoms with Crippen molar-refractivity contribution in [2.24, 2.45) is 0 Å². The molecule has 0 aliphatic rings. The predicted molar refractivity (Wildman–Crippen MR) is 98.6 cm³/mol. The third-order valence-corrected chi connectivity index (χ3v) is 5.61. The number of aromatic carboxylic acids is 1. The molecular formula is C18H19ClN2O2S. The van der Waals surface area contributed by atoms with E-state index in [1.807, 2.05) is 29.5 Å². The Labute approximate surface area is 149 Å². The fourth-order valence-electron chi connectivity index (χ4n) is 3.01. The Kier molecular flexibility index (Phi) is 4.65. The molecule has 0 radical (unpaired) electrons. The van der Waals surface area contributed by atoms with Crippen LogP contribution in [0.15, 0.2) is 18.2 Å². The van der Waals surface area contributed by atoms with Crippen LogP contribution < -0.4 is 0 Å². The SMILES string of the molecule is CCCc1c(C(=O)O)sc2nc(-c3ccc(Cl)c(C)c3)c(CC)n12. The van der Waals surface area contributed by atoms with Crippen molar-refractivity contribution in [1.29, 1.82) is 0 Å². The fourth-order valence-corrected chi connectivity index (χ4v) is 4.16. The Bertz CT molecular complexity index is 927. The molecule has 0 saturated carbocycles. The van der Waals surface area contributed by atoms with Crippen molar-refractivity contribution in [2.45, 2.75) is 40.0 Å². The van der Waals surface area contributed by atoms with Crippen LogP contribution in [0.1, 0.15) is 46.9 Å². The fraction of sp³-hybridized carbons (Fsp3) is 0.333. The van der Waals surface area contributed by atoms with Gasteiger partial charge in [-0.2, -0.15) is 0 Å². The number of carboxylic acids is 1. The van der Waals surface area contributed by atoms with Gasteiger partial charge in [-0.1, -0.05) is 49.3 Å². The zero-order valence-corrected chi connectivity index (χ0v) is 15.5. The van der Waals surface area contributed by atoms with Gasteiger partial charge in [-0.05, 0) is 37.5 Å². The first-order valence-corrected chi connectivity index (χ1v) is 9.20. The number of nitrogens with zero attached hydrogens (tertiary/aromatic N) is 2. The minimum Gasteiger partial charge on any atom is -0.477 e. The molecule has 4 nitrogen and oxygen atoms in total. The van der Waals surface area contributed by atoms with E-state index < -0.39 is 5.97 Å². The van der Waals surface area contributed by atoms with Crippen molar-refractivity contribution < 1.29 is 9.90 Å². The van der Waals surface area contributed by atoms with E-state index in [1.54, 1.807) is 0 Å². The highest BCUT2D eigenvalue weighted by molar-refractivity contribution is 7.19. The van der Waals surface area contributed by atoms with Gasteiger partial charge in [0.25, 0.3) is 0 Å². The first kappa shape index (κ1) is 17.0.